The molecule has 1 atom stereocenters. The van der Waals surface area contributed by atoms with Gasteiger partial charge in [0.2, 0.25) is 0 Å². The fourth-order valence-corrected chi connectivity index (χ4v) is 2.10. The molecule has 0 spiro atoms. The number of hydrogen-bond donors (Lipinski definition) is 0. The van der Waals surface area contributed by atoms with E-state index in [1.165, 1.54) is 5.56 Å². The molecule has 1 aromatic rings. The third-order valence-corrected chi connectivity index (χ3v) is 3.18. The summed E-state index contributed by atoms with van der Waals surface area (Å²) in [6.07, 6.45) is 4.10. The average Bonchev–Trinajstić information content (AvgIpc) is 2.39. The highest BCUT2D eigenvalue weighted by Crippen LogP contribution is 2.15. The lowest BCUT2D eigenvalue weighted by atomic mass is 9.99. The summed E-state index contributed by atoms with van der Waals surface area (Å²) in [5, 5.41) is 0. The van der Waals surface area contributed by atoms with Crippen molar-refractivity contribution in [3.8, 4) is 0 Å². The van der Waals surface area contributed by atoms with Crippen molar-refractivity contribution in [1.82, 2.24) is 0 Å². The Labute approximate surface area is 127 Å². The van der Waals surface area contributed by atoms with Crippen LogP contribution in [0.25, 0.3) is 0 Å². The summed E-state index contributed by atoms with van der Waals surface area (Å²) in [7, 11) is 0. The van der Waals surface area contributed by atoms with Crippen molar-refractivity contribution >= 4 is 12.3 Å². The van der Waals surface area contributed by atoms with Gasteiger partial charge in [0.1, 0.15) is 17.8 Å². The highest BCUT2D eigenvalue weighted by molar-refractivity contribution is 5.87. The summed E-state index contributed by atoms with van der Waals surface area (Å²) in [5.41, 5.74) is 1.91. The smallest absolute Gasteiger partial charge is 0.316 e. The third-order valence-electron chi connectivity index (χ3n) is 3.18. The number of carbonyl (C=O) groups is 2. The molecule has 0 heterocycles. The Hall–Kier alpha value is -1.64. The van der Waals surface area contributed by atoms with Gasteiger partial charge < -0.3 is 9.53 Å². The lowest BCUT2D eigenvalue weighted by Gasteiger charge is -2.21. The number of hydrogen-bond acceptors (Lipinski definition) is 3. The lowest BCUT2D eigenvalue weighted by Crippen LogP contribution is -2.29. The maximum Gasteiger partial charge on any atom is 0.316 e. The van der Waals surface area contributed by atoms with E-state index in [4.69, 9.17) is 4.74 Å². The fourth-order valence-electron chi connectivity index (χ4n) is 2.10. The molecule has 1 unspecified atom stereocenters. The van der Waals surface area contributed by atoms with E-state index in [1.807, 2.05) is 0 Å². The van der Waals surface area contributed by atoms with Gasteiger partial charge in [-0.15, -0.1) is 0 Å². The predicted octanol–water partition coefficient (Wildman–Crippen LogP) is 3.73. The van der Waals surface area contributed by atoms with E-state index in [0.717, 1.165) is 18.4 Å². The van der Waals surface area contributed by atoms with Gasteiger partial charge in [-0.2, -0.15) is 0 Å². The van der Waals surface area contributed by atoms with Crippen LogP contribution in [0.5, 0.6) is 0 Å². The molecule has 3 nitrogen and oxygen atoms in total. The maximum absolute atomic E-state index is 11.9. The summed E-state index contributed by atoms with van der Waals surface area (Å²) >= 11 is 0. The Morgan fingerprint density at radius 2 is 1.67 bits per heavy atom. The number of aryl methyl sites for hydroxylation is 2. The first kappa shape index (κ1) is 17.4. The van der Waals surface area contributed by atoms with Crippen LogP contribution in [0.2, 0.25) is 0 Å². The molecule has 21 heavy (non-hydrogen) atoms. The molecule has 0 fully saturated rings. The van der Waals surface area contributed by atoms with E-state index >= 15 is 0 Å². The second kappa shape index (κ2) is 7.96. The number of carbonyl (C=O) groups excluding carboxylic acids is 2. The minimum atomic E-state index is -0.681. The molecule has 3 heteroatoms. The van der Waals surface area contributed by atoms with Crippen molar-refractivity contribution in [2.24, 2.45) is 5.92 Å². The molecule has 0 radical (unpaired) electrons. The zero-order chi connectivity index (χ0) is 15.9. The van der Waals surface area contributed by atoms with Gasteiger partial charge in [-0.05, 0) is 51.2 Å². The summed E-state index contributed by atoms with van der Waals surface area (Å²) < 4.78 is 5.26. The van der Waals surface area contributed by atoms with Gasteiger partial charge >= 0.3 is 5.97 Å². The molecule has 0 bridgehead atoms. The van der Waals surface area contributed by atoms with Crippen LogP contribution in [0.3, 0.4) is 0 Å². The van der Waals surface area contributed by atoms with Crippen molar-refractivity contribution in [2.75, 3.05) is 0 Å². The molecule has 0 amide bonds. The van der Waals surface area contributed by atoms with Gasteiger partial charge in [-0.25, -0.2) is 0 Å². The molecule has 1 aromatic carbocycles. The maximum atomic E-state index is 11.9. The number of aldehydes is 1. The second-order valence-electron chi connectivity index (χ2n) is 6.38. The molecule has 0 aromatic heterocycles. The zero-order valence-corrected chi connectivity index (χ0v) is 13.5. The topological polar surface area (TPSA) is 43.4 Å². The number of rotatable bonds is 7. The molecule has 0 saturated carbocycles. The SMILES string of the molecule is CCCc1ccc(CCC(C=O)C(=O)OC(C)(C)C)cc1. The number of ether oxygens (including phenoxy) is 1. The highest BCUT2D eigenvalue weighted by Gasteiger charge is 2.24. The van der Waals surface area contributed by atoms with Crippen LogP contribution in [0.1, 0.15) is 51.7 Å². The van der Waals surface area contributed by atoms with Gasteiger partial charge in [0, 0.05) is 0 Å². The predicted molar refractivity (Wildman–Crippen MR) is 84.2 cm³/mol. The second-order valence-corrected chi connectivity index (χ2v) is 6.38. The van der Waals surface area contributed by atoms with Gasteiger partial charge in [0.25, 0.3) is 0 Å². The summed E-state index contributed by atoms with van der Waals surface area (Å²) in [6.45, 7) is 7.57. The molecule has 0 N–H and O–H groups in total. The minimum Gasteiger partial charge on any atom is -0.459 e. The molecular weight excluding hydrogens is 264 g/mol. The summed E-state index contributed by atoms with van der Waals surface area (Å²) in [6, 6.07) is 8.37. The van der Waals surface area contributed by atoms with Crippen molar-refractivity contribution in [1.29, 1.82) is 0 Å². The first-order valence-corrected chi connectivity index (χ1v) is 7.61. The third kappa shape index (κ3) is 6.56. The molecule has 0 aliphatic heterocycles. The number of esters is 1. The Bertz CT molecular complexity index is 454. The van der Waals surface area contributed by atoms with E-state index in [2.05, 4.69) is 31.2 Å². The first-order chi connectivity index (χ1) is 9.85. The Kier molecular flexibility index (Phi) is 6.60. The van der Waals surface area contributed by atoms with Crippen LogP contribution >= 0.6 is 0 Å². The van der Waals surface area contributed by atoms with Gasteiger partial charge in [-0.1, -0.05) is 37.6 Å². The Balaban J connectivity index is 2.54. The van der Waals surface area contributed by atoms with Crippen LogP contribution in [-0.2, 0) is 27.2 Å². The summed E-state index contributed by atoms with van der Waals surface area (Å²) in [4.78, 5) is 23.0. The van der Waals surface area contributed by atoms with Crippen LogP contribution in [0.4, 0.5) is 0 Å². The molecule has 0 saturated heterocycles. The largest absolute Gasteiger partial charge is 0.459 e. The van der Waals surface area contributed by atoms with Crippen molar-refractivity contribution in [2.45, 2.75) is 59.0 Å². The van der Waals surface area contributed by atoms with Crippen LogP contribution in [0, 0.1) is 5.92 Å². The average molecular weight is 290 g/mol. The van der Waals surface area contributed by atoms with Crippen LogP contribution < -0.4 is 0 Å². The van der Waals surface area contributed by atoms with Crippen molar-refractivity contribution in [3.05, 3.63) is 35.4 Å². The molecule has 116 valence electrons. The van der Waals surface area contributed by atoms with Gasteiger partial charge in [0.15, 0.2) is 0 Å². The van der Waals surface area contributed by atoms with Crippen molar-refractivity contribution in [3.63, 3.8) is 0 Å². The highest BCUT2D eigenvalue weighted by atomic mass is 16.6. The molecule has 1 rings (SSSR count). The van der Waals surface area contributed by atoms with E-state index in [1.54, 1.807) is 20.8 Å². The van der Waals surface area contributed by atoms with Crippen LogP contribution in [0.15, 0.2) is 24.3 Å². The van der Waals surface area contributed by atoms with Gasteiger partial charge in [0.05, 0.1) is 0 Å². The zero-order valence-electron chi connectivity index (χ0n) is 13.5. The van der Waals surface area contributed by atoms with E-state index in [9.17, 15) is 9.59 Å². The van der Waals surface area contributed by atoms with Crippen LogP contribution in [-0.4, -0.2) is 17.9 Å². The fraction of sp³-hybridized carbons (Fsp3) is 0.556. The van der Waals surface area contributed by atoms with Gasteiger partial charge in [-0.3, -0.25) is 4.79 Å². The normalized spacial score (nSPS) is 12.8. The minimum absolute atomic E-state index is 0.430. The molecule has 0 aliphatic rings. The summed E-state index contributed by atoms with van der Waals surface area (Å²) in [5.74, 6) is -1.11. The van der Waals surface area contributed by atoms with E-state index in [0.29, 0.717) is 19.1 Å². The molecule has 0 aliphatic carbocycles. The standard InChI is InChI=1S/C18H26O3/c1-5-6-14-7-9-15(10-8-14)11-12-16(13-19)17(20)21-18(2,3)4/h7-10,13,16H,5-6,11-12H2,1-4H3. The van der Waals surface area contributed by atoms with Crippen molar-refractivity contribution < 1.29 is 14.3 Å². The lowest BCUT2D eigenvalue weighted by molar-refractivity contribution is -0.160. The van der Waals surface area contributed by atoms with E-state index < -0.39 is 17.5 Å². The monoisotopic (exact) mass is 290 g/mol. The molecular formula is C18H26O3. The van der Waals surface area contributed by atoms with E-state index in [-0.39, 0.29) is 0 Å². The quantitative estimate of drug-likeness (QED) is 0.436. The Morgan fingerprint density at radius 3 is 2.10 bits per heavy atom. The Morgan fingerprint density at radius 1 is 1.14 bits per heavy atom. The number of benzene rings is 1. The first-order valence-electron chi connectivity index (χ1n) is 7.61.